The van der Waals surface area contributed by atoms with Crippen LogP contribution in [-0.2, 0) is 14.3 Å². The lowest BCUT2D eigenvalue weighted by molar-refractivity contribution is -0.130. The Morgan fingerprint density at radius 3 is 2.09 bits per heavy atom. The van der Waals surface area contributed by atoms with Crippen molar-refractivity contribution < 1.29 is 19.1 Å². The molecule has 1 aromatic carbocycles. The third-order valence-corrected chi connectivity index (χ3v) is 2.59. The molecule has 1 rings (SSSR count). The number of carbonyl (C=O) groups excluding carboxylic acids is 3. The summed E-state index contributed by atoms with van der Waals surface area (Å²) >= 11 is 0. The second kappa shape index (κ2) is 7.06. The fourth-order valence-electron chi connectivity index (χ4n) is 1.65. The SMILES string of the molecule is CC(=O)Nc1ccc(C(=O)OC(C)C(=O)NC(C)(C)C)cc1. The molecule has 0 heterocycles. The van der Waals surface area contributed by atoms with Gasteiger partial charge in [0, 0.05) is 18.2 Å². The zero-order valence-electron chi connectivity index (χ0n) is 13.5. The first kappa shape index (κ1) is 17.7. The summed E-state index contributed by atoms with van der Waals surface area (Å²) in [6, 6.07) is 6.25. The van der Waals surface area contributed by atoms with Crippen LogP contribution in [0.15, 0.2) is 24.3 Å². The van der Waals surface area contributed by atoms with Crippen molar-refractivity contribution in [2.75, 3.05) is 5.32 Å². The summed E-state index contributed by atoms with van der Waals surface area (Å²) in [5, 5.41) is 5.34. The van der Waals surface area contributed by atoms with Crippen molar-refractivity contribution in [3.8, 4) is 0 Å². The topological polar surface area (TPSA) is 84.5 Å². The number of amides is 2. The number of benzene rings is 1. The van der Waals surface area contributed by atoms with E-state index in [0.717, 1.165) is 0 Å². The van der Waals surface area contributed by atoms with E-state index in [4.69, 9.17) is 4.74 Å². The lowest BCUT2D eigenvalue weighted by Crippen LogP contribution is -2.46. The lowest BCUT2D eigenvalue weighted by atomic mass is 10.1. The summed E-state index contributed by atoms with van der Waals surface area (Å²) in [5.74, 6) is -1.13. The van der Waals surface area contributed by atoms with Crippen molar-refractivity contribution >= 4 is 23.5 Å². The molecule has 0 fully saturated rings. The number of hydrogen-bond acceptors (Lipinski definition) is 4. The van der Waals surface area contributed by atoms with Crippen LogP contribution in [0.5, 0.6) is 0 Å². The largest absolute Gasteiger partial charge is 0.449 e. The summed E-state index contributed by atoms with van der Waals surface area (Å²) in [7, 11) is 0. The van der Waals surface area contributed by atoms with Crippen LogP contribution < -0.4 is 10.6 Å². The standard InChI is InChI=1S/C16H22N2O4/c1-10(14(20)18-16(3,4)5)22-15(21)12-6-8-13(9-7-12)17-11(2)19/h6-10H,1-5H3,(H,17,19)(H,18,20). The minimum atomic E-state index is -0.887. The van der Waals surface area contributed by atoms with Gasteiger partial charge in [-0.3, -0.25) is 9.59 Å². The maximum Gasteiger partial charge on any atom is 0.338 e. The molecule has 120 valence electrons. The van der Waals surface area contributed by atoms with Gasteiger partial charge in [0.15, 0.2) is 6.10 Å². The van der Waals surface area contributed by atoms with Gasteiger partial charge in [0.1, 0.15) is 0 Å². The Kier molecular flexibility index (Phi) is 5.68. The number of ether oxygens (including phenoxy) is 1. The summed E-state index contributed by atoms with van der Waals surface area (Å²) < 4.78 is 5.13. The maximum absolute atomic E-state index is 12.0. The zero-order valence-corrected chi connectivity index (χ0v) is 13.5. The lowest BCUT2D eigenvalue weighted by Gasteiger charge is -2.23. The molecule has 1 unspecified atom stereocenters. The van der Waals surface area contributed by atoms with Gasteiger partial charge >= 0.3 is 5.97 Å². The van der Waals surface area contributed by atoms with E-state index in [1.807, 2.05) is 20.8 Å². The Balaban J connectivity index is 2.64. The molecule has 0 spiro atoms. The highest BCUT2D eigenvalue weighted by Gasteiger charge is 2.22. The van der Waals surface area contributed by atoms with Crippen molar-refractivity contribution in [2.24, 2.45) is 0 Å². The molecule has 0 aromatic heterocycles. The van der Waals surface area contributed by atoms with Crippen LogP contribution in [0.2, 0.25) is 0 Å². The van der Waals surface area contributed by atoms with Gasteiger partial charge in [-0.25, -0.2) is 4.79 Å². The van der Waals surface area contributed by atoms with Crippen LogP contribution in [0, 0.1) is 0 Å². The Bertz CT molecular complexity index is 559. The average molecular weight is 306 g/mol. The van der Waals surface area contributed by atoms with Gasteiger partial charge in [-0.1, -0.05) is 0 Å². The number of anilines is 1. The van der Waals surface area contributed by atoms with E-state index in [0.29, 0.717) is 11.3 Å². The van der Waals surface area contributed by atoms with Crippen LogP contribution in [-0.4, -0.2) is 29.4 Å². The molecule has 0 aliphatic heterocycles. The van der Waals surface area contributed by atoms with E-state index < -0.39 is 17.6 Å². The van der Waals surface area contributed by atoms with Crippen LogP contribution >= 0.6 is 0 Å². The first-order valence-corrected chi connectivity index (χ1v) is 6.99. The van der Waals surface area contributed by atoms with Gasteiger partial charge in [-0.2, -0.15) is 0 Å². The Morgan fingerprint density at radius 2 is 1.64 bits per heavy atom. The number of nitrogens with one attached hydrogen (secondary N) is 2. The highest BCUT2D eigenvalue weighted by atomic mass is 16.5. The summed E-state index contributed by atoms with van der Waals surface area (Å²) in [4.78, 5) is 34.8. The molecule has 1 aromatic rings. The molecule has 6 nitrogen and oxygen atoms in total. The first-order valence-electron chi connectivity index (χ1n) is 6.99. The average Bonchev–Trinajstić information content (AvgIpc) is 2.36. The van der Waals surface area contributed by atoms with Crippen molar-refractivity contribution in [3.05, 3.63) is 29.8 Å². The monoisotopic (exact) mass is 306 g/mol. The van der Waals surface area contributed by atoms with E-state index in [1.165, 1.54) is 26.0 Å². The molecule has 2 N–H and O–H groups in total. The molecule has 0 aliphatic carbocycles. The zero-order chi connectivity index (χ0) is 16.9. The number of hydrogen-bond donors (Lipinski definition) is 2. The molecular weight excluding hydrogens is 284 g/mol. The predicted octanol–water partition coefficient (Wildman–Crippen LogP) is 2.10. The van der Waals surface area contributed by atoms with Gasteiger partial charge in [-0.15, -0.1) is 0 Å². The van der Waals surface area contributed by atoms with Gasteiger partial charge in [0.2, 0.25) is 5.91 Å². The molecule has 0 radical (unpaired) electrons. The van der Waals surface area contributed by atoms with Gasteiger partial charge in [0.25, 0.3) is 5.91 Å². The minimum absolute atomic E-state index is 0.192. The molecule has 0 saturated carbocycles. The maximum atomic E-state index is 12.0. The predicted molar refractivity (Wildman–Crippen MR) is 83.5 cm³/mol. The van der Waals surface area contributed by atoms with E-state index in [-0.39, 0.29) is 11.8 Å². The highest BCUT2D eigenvalue weighted by Crippen LogP contribution is 2.11. The molecule has 6 heteroatoms. The van der Waals surface area contributed by atoms with Gasteiger partial charge in [0.05, 0.1) is 5.56 Å². The smallest absolute Gasteiger partial charge is 0.338 e. The molecule has 0 bridgehead atoms. The minimum Gasteiger partial charge on any atom is -0.449 e. The van der Waals surface area contributed by atoms with E-state index in [9.17, 15) is 14.4 Å². The van der Waals surface area contributed by atoms with Crippen molar-refractivity contribution in [1.82, 2.24) is 5.32 Å². The van der Waals surface area contributed by atoms with Crippen LogP contribution in [0.1, 0.15) is 45.0 Å². The van der Waals surface area contributed by atoms with Crippen LogP contribution in [0.4, 0.5) is 5.69 Å². The Hall–Kier alpha value is -2.37. The van der Waals surface area contributed by atoms with Crippen molar-refractivity contribution in [3.63, 3.8) is 0 Å². The number of rotatable bonds is 4. The Morgan fingerprint density at radius 1 is 1.09 bits per heavy atom. The number of esters is 1. The third-order valence-electron chi connectivity index (χ3n) is 2.59. The van der Waals surface area contributed by atoms with Gasteiger partial charge < -0.3 is 15.4 Å². The molecule has 1 atom stereocenters. The molecule has 0 saturated heterocycles. The summed E-state index contributed by atoms with van der Waals surface area (Å²) in [5.41, 5.74) is 0.504. The fraction of sp³-hybridized carbons (Fsp3) is 0.438. The van der Waals surface area contributed by atoms with Gasteiger partial charge in [-0.05, 0) is 52.0 Å². The quantitative estimate of drug-likeness (QED) is 0.834. The second-order valence-corrected chi connectivity index (χ2v) is 6.05. The molecular formula is C16H22N2O4. The summed E-state index contributed by atoms with van der Waals surface area (Å²) in [6.07, 6.45) is -0.887. The normalized spacial score (nSPS) is 12.2. The Labute approximate surface area is 130 Å². The molecule has 0 aliphatic rings. The number of carbonyl (C=O) groups is 3. The van der Waals surface area contributed by atoms with Crippen molar-refractivity contribution in [1.29, 1.82) is 0 Å². The summed E-state index contributed by atoms with van der Waals surface area (Å²) in [6.45, 7) is 8.46. The van der Waals surface area contributed by atoms with Crippen molar-refractivity contribution in [2.45, 2.75) is 46.3 Å². The molecule has 22 heavy (non-hydrogen) atoms. The first-order chi connectivity index (χ1) is 10.1. The van der Waals surface area contributed by atoms with E-state index in [1.54, 1.807) is 12.1 Å². The highest BCUT2D eigenvalue weighted by molar-refractivity contribution is 5.93. The second-order valence-electron chi connectivity index (χ2n) is 6.05. The van der Waals surface area contributed by atoms with Crippen LogP contribution in [0.3, 0.4) is 0 Å². The van der Waals surface area contributed by atoms with E-state index >= 15 is 0 Å². The fourth-order valence-corrected chi connectivity index (χ4v) is 1.65. The van der Waals surface area contributed by atoms with E-state index in [2.05, 4.69) is 10.6 Å². The van der Waals surface area contributed by atoms with Crippen LogP contribution in [0.25, 0.3) is 0 Å². The molecule has 2 amide bonds. The third kappa shape index (κ3) is 5.95.